The molecular weight excluding hydrogens is 301 g/mol. The fourth-order valence-corrected chi connectivity index (χ4v) is 2.92. The standard InChI is InChI=1S/C13H15F3N4S/c1-6-12(21-8(3)19-6)7(2)20-10-4-11(13(14,15)16)18-5-9(10)17/h4-5,7H,17H2,1-3H3,(H,18,20). The first-order chi connectivity index (χ1) is 9.68. The Kier molecular flexibility index (Phi) is 4.08. The topological polar surface area (TPSA) is 63.8 Å². The van der Waals surface area contributed by atoms with Crippen molar-refractivity contribution in [1.29, 1.82) is 0 Å². The number of hydrogen-bond acceptors (Lipinski definition) is 5. The number of rotatable bonds is 3. The van der Waals surface area contributed by atoms with Crippen molar-refractivity contribution in [3.05, 3.63) is 33.5 Å². The van der Waals surface area contributed by atoms with Crippen molar-refractivity contribution in [2.45, 2.75) is 33.0 Å². The Morgan fingerprint density at radius 3 is 2.52 bits per heavy atom. The monoisotopic (exact) mass is 316 g/mol. The van der Waals surface area contributed by atoms with E-state index in [4.69, 9.17) is 5.73 Å². The molecule has 1 unspecified atom stereocenters. The highest BCUT2D eigenvalue weighted by molar-refractivity contribution is 7.11. The lowest BCUT2D eigenvalue weighted by atomic mass is 10.2. The quantitative estimate of drug-likeness (QED) is 0.900. The van der Waals surface area contributed by atoms with Gasteiger partial charge in [-0.15, -0.1) is 11.3 Å². The molecule has 1 atom stereocenters. The summed E-state index contributed by atoms with van der Waals surface area (Å²) >= 11 is 1.51. The van der Waals surface area contributed by atoms with Crippen LogP contribution in [-0.2, 0) is 6.18 Å². The molecule has 0 saturated carbocycles. The lowest BCUT2D eigenvalue weighted by Gasteiger charge is -2.17. The number of aromatic nitrogens is 2. The van der Waals surface area contributed by atoms with Gasteiger partial charge in [-0.3, -0.25) is 0 Å². The summed E-state index contributed by atoms with van der Waals surface area (Å²) in [7, 11) is 0. The first kappa shape index (κ1) is 15.6. The summed E-state index contributed by atoms with van der Waals surface area (Å²) in [5.41, 5.74) is 5.98. The van der Waals surface area contributed by atoms with E-state index < -0.39 is 11.9 Å². The Morgan fingerprint density at radius 1 is 1.33 bits per heavy atom. The summed E-state index contributed by atoms with van der Waals surface area (Å²) in [6, 6.07) is 0.733. The molecule has 8 heteroatoms. The smallest absolute Gasteiger partial charge is 0.396 e. The third kappa shape index (κ3) is 3.44. The van der Waals surface area contributed by atoms with E-state index in [1.807, 2.05) is 20.8 Å². The lowest BCUT2D eigenvalue weighted by Crippen LogP contribution is -2.12. The number of nitrogen functional groups attached to an aromatic ring is 1. The molecule has 0 fully saturated rings. The van der Waals surface area contributed by atoms with Crippen LogP contribution < -0.4 is 11.1 Å². The molecule has 0 aliphatic carbocycles. The van der Waals surface area contributed by atoms with Crippen LogP contribution in [0.15, 0.2) is 12.3 Å². The van der Waals surface area contributed by atoms with Gasteiger partial charge in [-0.2, -0.15) is 13.2 Å². The van der Waals surface area contributed by atoms with Crippen molar-refractivity contribution in [1.82, 2.24) is 9.97 Å². The average Bonchev–Trinajstić information content (AvgIpc) is 2.70. The Hall–Kier alpha value is -1.83. The van der Waals surface area contributed by atoms with Crippen LogP contribution in [0.3, 0.4) is 0 Å². The number of aryl methyl sites for hydroxylation is 2. The van der Waals surface area contributed by atoms with E-state index in [9.17, 15) is 13.2 Å². The van der Waals surface area contributed by atoms with E-state index in [1.165, 1.54) is 11.3 Å². The number of hydrogen-bond donors (Lipinski definition) is 2. The van der Waals surface area contributed by atoms with Crippen LogP contribution in [-0.4, -0.2) is 9.97 Å². The number of nitrogens with zero attached hydrogens (tertiary/aromatic N) is 2. The molecule has 3 N–H and O–H groups in total. The number of anilines is 2. The van der Waals surface area contributed by atoms with Gasteiger partial charge in [0.2, 0.25) is 0 Å². The number of halogens is 3. The van der Waals surface area contributed by atoms with E-state index in [1.54, 1.807) is 0 Å². The number of nitrogens with one attached hydrogen (secondary N) is 1. The Labute approximate surface area is 124 Å². The molecule has 2 aromatic rings. The van der Waals surface area contributed by atoms with Gasteiger partial charge in [0.1, 0.15) is 5.69 Å². The fourth-order valence-electron chi connectivity index (χ4n) is 1.99. The average molecular weight is 316 g/mol. The van der Waals surface area contributed by atoms with Crippen LogP contribution in [0.25, 0.3) is 0 Å². The van der Waals surface area contributed by atoms with Gasteiger partial charge in [0.05, 0.1) is 34.3 Å². The normalized spacial score (nSPS) is 13.2. The zero-order valence-corrected chi connectivity index (χ0v) is 12.6. The maximum atomic E-state index is 12.7. The van der Waals surface area contributed by atoms with Crippen LogP contribution in [0, 0.1) is 13.8 Å². The molecule has 114 valence electrons. The number of pyridine rings is 1. The second kappa shape index (κ2) is 5.51. The van der Waals surface area contributed by atoms with Crippen molar-refractivity contribution in [2.24, 2.45) is 0 Å². The van der Waals surface area contributed by atoms with Crippen molar-refractivity contribution < 1.29 is 13.2 Å². The largest absolute Gasteiger partial charge is 0.433 e. The van der Waals surface area contributed by atoms with Gasteiger partial charge in [-0.05, 0) is 26.8 Å². The predicted molar refractivity (Wildman–Crippen MR) is 77.3 cm³/mol. The summed E-state index contributed by atoms with van der Waals surface area (Å²) < 4.78 is 38.1. The van der Waals surface area contributed by atoms with Gasteiger partial charge in [-0.25, -0.2) is 9.97 Å². The third-order valence-electron chi connectivity index (χ3n) is 2.93. The molecular formula is C13H15F3N4S. The third-order valence-corrected chi connectivity index (χ3v) is 4.19. The van der Waals surface area contributed by atoms with E-state index >= 15 is 0 Å². The predicted octanol–water partition coefficient (Wildman–Crippen LogP) is 3.93. The van der Waals surface area contributed by atoms with E-state index in [2.05, 4.69) is 15.3 Å². The van der Waals surface area contributed by atoms with Crippen LogP contribution in [0.1, 0.15) is 34.2 Å². The highest BCUT2D eigenvalue weighted by atomic mass is 32.1. The molecule has 0 radical (unpaired) electrons. The summed E-state index contributed by atoms with van der Waals surface area (Å²) in [6.07, 6.45) is -3.48. The minimum Gasteiger partial charge on any atom is -0.396 e. The molecule has 2 aromatic heterocycles. The first-order valence-corrected chi connectivity index (χ1v) is 7.03. The van der Waals surface area contributed by atoms with E-state index in [0.717, 1.165) is 27.8 Å². The van der Waals surface area contributed by atoms with Crippen LogP contribution >= 0.6 is 11.3 Å². The van der Waals surface area contributed by atoms with Crippen LogP contribution in [0.2, 0.25) is 0 Å². The zero-order valence-electron chi connectivity index (χ0n) is 11.7. The van der Waals surface area contributed by atoms with E-state index in [0.29, 0.717) is 0 Å². The molecule has 0 aliphatic rings. The second-order valence-corrected chi connectivity index (χ2v) is 5.94. The van der Waals surface area contributed by atoms with Gasteiger partial charge in [-0.1, -0.05) is 0 Å². The van der Waals surface area contributed by atoms with Gasteiger partial charge < -0.3 is 11.1 Å². The van der Waals surface area contributed by atoms with Crippen molar-refractivity contribution in [3.63, 3.8) is 0 Å². The molecule has 4 nitrogen and oxygen atoms in total. The molecule has 0 bridgehead atoms. The number of nitrogens with two attached hydrogens (primary N) is 1. The summed E-state index contributed by atoms with van der Waals surface area (Å²) in [4.78, 5) is 8.59. The summed E-state index contributed by atoms with van der Waals surface area (Å²) in [5, 5.41) is 3.91. The highest BCUT2D eigenvalue weighted by Crippen LogP contribution is 2.33. The molecule has 0 saturated heterocycles. The number of alkyl halides is 3. The zero-order chi connectivity index (χ0) is 15.8. The summed E-state index contributed by atoms with van der Waals surface area (Å²) in [5.74, 6) is 0. The molecule has 2 rings (SSSR count). The Balaban J connectivity index is 2.28. The molecule has 0 spiro atoms. The second-order valence-electron chi connectivity index (χ2n) is 4.70. The molecule has 0 aliphatic heterocycles. The van der Waals surface area contributed by atoms with Gasteiger partial charge in [0.15, 0.2) is 0 Å². The molecule has 21 heavy (non-hydrogen) atoms. The Bertz CT molecular complexity index is 651. The van der Waals surface area contributed by atoms with Crippen LogP contribution in [0.4, 0.5) is 24.5 Å². The van der Waals surface area contributed by atoms with Gasteiger partial charge in [0.25, 0.3) is 0 Å². The lowest BCUT2D eigenvalue weighted by molar-refractivity contribution is -0.141. The van der Waals surface area contributed by atoms with Crippen molar-refractivity contribution in [2.75, 3.05) is 11.1 Å². The minimum absolute atomic E-state index is 0.175. The molecule has 0 aromatic carbocycles. The molecule has 2 heterocycles. The maximum Gasteiger partial charge on any atom is 0.433 e. The SMILES string of the molecule is Cc1nc(C)c(C(C)Nc2cc(C(F)(F)F)ncc2N)s1. The maximum absolute atomic E-state index is 12.7. The van der Waals surface area contributed by atoms with Gasteiger partial charge in [0, 0.05) is 4.88 Å². The first-order valence-electron chi connectivity index (χ1n) is 6.21. The number of thiazole rings is 1. The molecule has 0 amide bonds. The van der Waals surface area contributed by atoms with Gasteiger partial charge >= 0.3 is 6.18 Å². The van der Waals surface area contributed by atoms with E-state index in [-0.39, 0.29) is 17.4 Å². The fraction of sp³-hybridized carbons (Fsp3) is 0.385. The Morgan fingerprint density at radius 2 is 2.00 bits per heavy atom. The highest BCUT2D eigenvalue weighted by Gasteiger charge is 2.33. The van der Waals surface area contributed by atoms with Crippen molar-refractivity contribution >= 4 is 22.7 Å². The minimum atomic E-state index is -4.50. The summed E-state index contributed by atoms with van der Waals surface area (Å²) in [6.45, 7) is 5.61. The van der Waals surface area contributed by atoms with Crippen molar-refractivity contribution in [3.8, 4) is 0 Å². The van der Waals surface area contributed by atoms with Crippen LogP contribution in [0.5, 0.6) is 0 Å².